The van der Waals surface area contributed by atoms with Gasteiger partial charge in [-0.1, -0.05) is 0 Å². The van der Waals surface area contributed by atoms with E-state index >= 15 is 0 Å². The second-order valence-corrected chi connectivity index (χ2v) is 4.27. The molecule has 4 heteroatoms. The van der Waals surface area contributed by atoms with Crippen molar-refractivity contribution in [1.82, 2.24) is 9.97 Å². The second kappa shape index (κ2) is 4.93. The summed E-state index contributed by atoms with van der Waals surface area (Å²) in [5.74, 6) is 0.769. The van der Waals surface area contributed by atoms with E-state index in [9.17, 15) is 0 Å². The van der Waals surface area contributed by atoms with Crippen molar-refractivity contribution < 1.29 is 0 Å². The molecule has 0 aliphatic carbocycles. The van der Waals surface area contributed by atoms with Crippen LogP contribution in [-0.2, 0) is 0 Å². The highest BCUT2D eigenvalue weighted by Gasteiger charge is 2.23. The fourth-order valence-corrected chi connectivity index (χ4v) is 2.12. The highest BCUT2D eigenvalue weighted by atomic mass is 15.3. The molecule has 4 nitrogen and oxygen atoms in total. The van der Waals surface area contributed by atoms with Crippen LogP contribution < -0.4 is 4.90 Å². The lowest BCUT2D eigenvalue weighted by Crippen LogP contribution is -2.40. The standard InChI is InChI=1S/C12H16N4/c1-10-8-14-12(15-9-10)16-7-3-2-4-11(16)5-6-13/h8-9,11H,2-5,7H2,1H3. The molecule has 2 rings (SSSR count). The van der Waals surface area contributed by atoms with E-state index in [0.29, 0.717) is 12.5 Å². The van der Waals surface area contributed by atoms with E-state index in [1.807, 2.05) is 19.3 Å². The zero-order valence-corrected chi connectivity index (χ0v) is 9.56. The topological polar surface area (TPSA) is 52.8 Å². The van der Waals surface area contributed by atoms with Crippen LogP contribution in [0.4, 0.5) is 5.95 Å². The third-order valence-corrected chi connectivity index (χ3v) is 2.98. The molecule has 1 saturated heterocycles. The van der Waals surface area contributed by atoms with Crippen molar-refractivity contribution in [3.8, 4) is 6.07 Å². The first kappa shape index (κ1) is 10.9. The molecule has 1 aliphatic heterocycles. The highest BCUT2D eigenvalue weighted by Crippen LogP contribution is 2.23. The van der Waals surface area contributed by atoms with Gasteiger partial charge in [0.05, 0.1) is 12.5 Å². The van der Waals surface area contributed by atoms with Crippen LogP contribution in [0.2, 0.25) is 0 Å². The molecule has 0 radical (unpaired) electrons. The van der Waals surface area contributed by atoms with Crippen molar-refractivity contribution in [2.75, 3.05) is 11.4 Å². The molecular formula is C12H16N4. The van der Waals surface area contributed by atoms with E-state index in [4.69, 9.17) is 5.26 Å². The molecule has 16 heavy (non-hydrogen) atoms. The largest absolute Gasteiger partial charge is 0.337 e. The van der Waals surface area contributed by atoms with Crippen molar-refractivity contribution in [3.05, 3.63) is 18.0 Å². The van der Waals surface area contributed by atoms with Gasteiger partial charge in [0, 0.05) is 25.0 Å². The Hall–Kier alpha value is -1.63. The van der Waals surface area contributed by atoms with Crippen LogP contribution in [0.15, 0.2) is 12.4 Å². The summed E-state index contributed by atoms with van der Waals surface area (Å²) in [6, 6.07) is 2.54. The molecule has 1 unspecified atom stereocenters. The summed E-state index contributed by atoms with van der Waals surface area (Å²) in [4.78, 5) is 10.9. The Balaban J connectivity index is 2.16. The monoisotopic (exact) mass is 216 g/mol. The van der Waals surface area contributed by atoms with Gasteiger partial charge < -0.3 is 4.90 Å². The predicted octanol–water partition coefficient (Wildman–Crippen LogP) is 2.06. The van der Waals surface area contributed by atoms with E-state index in [1.165, 1.54) is 12.8 Å². The smallest absolute Gasteiger partial charge is 0.225 e. The number of hydrogen-bond donors (Lipinski definition) is 0. The summed E-state index contributed by atoms with van der Waals surface area (Å²) < 4.78 is 0. The minimum Gasteiger partial charge on any atom is -0.337 e. The Labute approximate surface area is 95.9 Å². The summed E-state index contributed by atoms with van der Waals surface area (Å²) in [6.07, 6.45) is 7.68. The number of piperidine rings is 1. The third-order valence-electron chi connectivity index (χ3n) is 2.98. The van der Waals surface area contributed by atoms with Crippen LogP contribution in [0.3, 0.4) is 0 Å². The van der Waals surface area contributed by atoms with Gasteiger partial charge in [0.25, 0.3) is 0 Å². The van der Waals surface area contributed by atoms with Gasteiger partial charge in [-0.3, -0.25) is 0 Å². The Bertz CT molecular complexity index is 379. The summed E-state index contributed by atoms with van der Waals surface area (Å²) in [5, 5.41) is 8.81. The Morgan fingerprint density at radius 2 is 2.19 bits per heavy atom. The average Bonchev–Trinajstić information content (AvgIpc) is 2.32. The minimum absolute atomic E-state index is 0.293. The van der Waals surface area contributed by atoms with E-state index in [1.54, 1.807) is 0 Å². The van der Waals surface area contributed by atoms with E-state index in [2.05, 4.69) is 20.9 Å². The molecule has 1 aromatic rings. The van der Waals surface area contributed by atoms with Gasteiger partial charge in [0.1, 0.15) is 0 Å². The fourth-order valence-electron chi connectivity index (χ4n) is 2.12. The Morgan fingerprint density at radius 3 is 2.88 bits per heavy atom. The second-order valence-electron chi connectivity index (χ2n) is 4.27. The normalized spacial score (nSPS) is 20.5. The lowest BCUT2D eigenvalue weighted by Gasteiger charge is -2.34. The van der Waals surface area contributed by atoms with E-state index < -0.39 is 0 Å². The zero-order chi connectivity index (χ0) is 11.4. The van der Waals surface area contributed by atoms with Crippen LogP contribution in [0, 0.1) is 18.3 Å². The fraction of sp³-hybridized carbons (Fsp3) is 0.583. The average molecular weight is 216 g/mol. The van der Waals surface area contributed by atoms with Crippen LogP contribution >= 0.6 is 0 Å². The molecule has 2 heterocycles. The summed E-state index contributed by atoms with van der Waals surface area (Å²) in [7, 11) is 0. The van der Waals surface area contributed by atoms with Crippen LogP contribution in [-0.4, -0.2) is 22.6 Å². The van der Waals surface area contributed by atoms with Gasteiger partial charge in [-0.25, -0.2) is 9.97 Å². The van der Waals surface area contributed by atoms with E-state index in [0.717, 1.165) is 24.5 Å². The molecule has 0 spiro atoms. The molecule has 1 fully saturated rings. The SMILES string of the molecule is Cc1cnc(N2CCCCC2CC#N)nc1. The Kier molecular flexibility index (Phi) is 3.35. The Morgan fingerprint density at radius 1 is 1.44 bits per heavy atom. The summed E-state index contributed by atoms with van der Waals surface area (Å²) in [5.41, 5.74) is 1.07. The molecular weight excluding hydrogens is 200 g/mol. The van der Waals surface area contributed by atoms with Crippen LogP contribution in [0.5, 0.6) is 0 Å². The maximum Gasteiger partial charge on any atom is 0.225 e. The van der Waals surface area contributed by atoms with Crippen molar-refractivity contribution in [3.63, 3.8) is 0 Å². The first-order valence-corrected chi connectivity index (χ1v) is 5.73. The number of nitriles is 1. The lowest BCUT2D eigenvalue weighted by atomic mass is 10.0. The molecule has 0 N–H and O–H groups in total. The van der Waals surface area contributed by atoms with E-state index in [-0.39, 0.29) is 0 Å². The van der Waals surface area contributed by atoms with Crippen molar-refractivity contribution in [2.24, 2.45) is 0 Å². The van der Waals surface area contributed by atoms with Crippen molar-refractivity contribution >= 4 is 5.95 Å². The number of hydrogen-bond acceptors (Lipinski definition) is 4. The van der Waals surface area contributed by atoms with Gasteiger partial charge in [-0.15, -0.1) is 0 Å². The van der Waals surface area contributed by atoms with Crippen LogP contribution in [0.25, 0.3) is 0 Å². The van der Waals surface area contributed by atoms with Crippen molar-refractivity contribution in [1.29, 1.82) is 5.26 Å². The molecule has 0 bridgehead atoms. The number of nitrogens with zero attached hydrogens (tertiary/aromatic N) is 4. The first-order chi connectivity index (χ1) is 7.81. The van der Waals surface area contributed by atoms with Gasteiger partial charge in [-0.05, 0) is 31.7 Å². The van der Waals surface area contributed by atoms with Gasteiger partial charge in [0.2, 0.25) is 5.95 Å². The molecule has 0 saturated carbocycles. The molecule has 1 aliphatic rings. The van der Waals surface area contributed by atoms with Gasteiger partial charge in [-0.2, -0.15) is 5.26 Å². The lowest BCUT2D eigenvalue weighted by molar-refractivity contribution is 0.457. The zero-order valence-electron chi connectivity index (χ0n) is 9.56. The molecule has 0 aromatic carbocycles. The highest BCUT2D eigenvalue weighted by molar-refractivity contribution is 5.32. The number of anilines is 1. The van der Waals surface area contributed by atoms with Crippen molar-refractivity contribution in [2.45, 2.75) is 38.6 Å². The van der Waals surface area contributed by atoms with Gasteiger partial charge >= 0.3 is 0 Å². The molecule has 84 valence electrons. The first-order valence-electron chi connectivity index (χ1n) is 5.73. The van der Waals surface area contributed by atoms with Crippen LogP contribution in [0.1, 0.15) is 31.2 Å². The minimum atomic E-state index is 0.293. The number of aromatic nitrogens is 2. The van der Waals surface area contributed by atoms with Gasteiger partial charge in [0.15, 0.2) is 0 Å². The summed E-state index contributed by atoms with van der Waals surface area (Å²) >= 11 is 0. The summed E-state index contributed by atoms with van der Waals surface area (Å²) in [6.45, 7) is 2.95. The third kappa shape index (κ3) is 2.30. The maximum absolute atomic E-state index is 8.81. The number of rotatable bonds is 2. The number of aryl methyl sites for hydroxylation is 1. The molecule has 0 amide bonds. The predicted molar refractivity (Wildman–Crippen MR) is 62.0 cm³/mol. The molecule has 1 aromatic heterocycles. The maximum atomic E-state index is 8.81. The molecule has 1 atom stereocenters. The quantitative estimate of drug-likeness (QED) is 0.759.